The SMILES string of the molecule is [Cl][Rh]([AsH](c1ccccc1)(c1ccccc1)c1ccccc1)([AsH](c1ccccc1)(c1ccccc1)c1ccccc1)[AsH](c1ccccc1)(c1ccccc1)c1ccccc1. The van der Waals surface area contributed by atoms with Crippen molar-refractivity contribution in [1.82, 2.24) is 0 Å². The molecule has 0 aliphatic heterocycles. The second kappa shape index (κ2) is 17.7. The van der Waals surface area contributed by atoms with Gasteiger partial charge in [0.05, 0.1) is 0 Å². The van der Waals surface area contributed by atoms with Gasteiger partial charge in [-0.3, -0.25) is 0 Å². The van der Waals surface area contributed by atoms with E-state index in [0.29, 0.717) is 0 Å². The van der Waals surface area contributed by atoms with Crippen molar-refractivity contribution in [2.75, 3.05) is 0 Å². The first kappa shape index (κ1) is 40.0. The fourth-order valence-electron chi connectivity index (χ4n) is 9.20. The predicted molar refractivity (Wildman–Crippen MR) is 262 cm³/mol. The topological polar surface area (TPSA) is 0 Å². The van der Waals surface area contributed by atoms with Crippen molar-refractivity contribution in [3.8, 4) is 0 Å². The standard InChI is InChI=1S/3C18H16As.ClH.Rh/c3*1-4-10-16(11-5-1)19(17-12-6-2-7-13-17)18-14-8-3-9-15-18;;/h3*1-15,19H;1H;/q3*+1;;-2/p-1. The Labute approximate surface area is 359 Å². The van der Waals surface area contributed by atoms with Crippen molar-refractivity contribution in [2.24, 2.45) is 0 Å². The summed E-state index contributed by atoms with van der Waals surface area (Å²) >= 11 is -13.2. The van der Waals surface area contributed by atoms with E-state index in [1.807, 2.05) is 0 Å². The molecule has 295 valence electrons. The van der Waals surface area contributed by atoms with Gasteiger partial charge >= 0.3 is 363 Å². The maximum atomic E-state index is 10.5. The van der Waals surface area contributed by atoms with Crippen LogP contribution >= 0.6 is 9.69 Å². The van der Waals surface area contributed by atoms with Crippen LogP contribution in [-0.2, 0) is 7.27 Å². The second-order valence-electron chi connectivity index (χ2n) is 14.6. The normalized spacial score (nSPS) is 14.3. The molecule has 0 unspecified atom stereocenters. The zero-order valence-corrected chi connectivity index (χ0v) is 41.4. The molecule has 0 nitrogen and oxygen atoms in total. The average Bonchev–Trinajstić information content (AvgIpc) is 3.33. The van der Waals surface area contributed by atoms with Gasteiger partial charge in [0, 0.05) is 0 Å². The van der Waals surface area contributed by atoms with Crippen molar-refractivity contribution in [3.63, 3.8) is 0 Å². The van der Waals surface area contributed by atoms with E-state index in [9.17, 15) is 9.69 Å². The summed E-state index contributed by atoms with van der Waals surface area (Å²) in [6.07, 6.45) is 0. The van der Waals surface area contributed by atoms with Gasteiger partial charge in [-0.25, -0.2) is 0 Å². The van der Waals surface area contributed by atoms with Gasteiger partial charge in [0.1, 0.15) is 0 Å². The monoisotopic (exact) mass is 1060 g/mol. The van der Waals surface area contributed by atoms with Crippen LogP contribution in [0.15, 0.2) is 273 Å². The molecule has 0 saturated heterocycles. The van der Waals surface area contributed by atoms with E-state index in [1.54, 1.807) is 0 Å². The predicted octanol–water partition coefficient (Wildman–Crippen LogP) is 6.49. The Morgan fingerprint density at radius 2 is 0.288 bits per heavy atom. The van der Waals surface area contributed by atoms with Gasteiger partial charge in [0.15, 0.2) is 0 Å². The summed E-state index contributed by atoms with van der Waals surface area (Å²) in [4.78, 5) is 0. The summed E-state index contributed by atoms with van der Waals surface area (Å²) in [7, 11) is 6.38. The summed E-state index contributed by atoms with van der Waals surface area (Å²) in [6.45, 7) is 0. The molecule has 0 aromatic heterocycles. The van der Waals surface area contributed by atoms with E-state index in [0.717, 1.165) is 0 Å². The quantitative estimate of drug-likeness (QED) is 0.123. The first-order valence-electron chi connectivity index (χ1n) is 20.1. The first-order valence-corrected chi connectivity index (χ1v) is 46.5. The fraction of sp³-hybridized carbons (Fsp3) is 0. The number of benzene rings is 9. The summed E-state index contributed by atoms with van der Waals surface area (Å²) < 4.78 is 12.9. The van der Waals surface area contributed by atoms with Gasteiger partial charge < -0.3 is 0 Å². The Hall–Kier alpha value is -4.43. The molecule has 5 heteroatoms. The van der Waals surface area contributed by atoms with Crippen molar-refractivity contribution in [3.05, 3.63) is 273 Å². The molecule has 9 rings (SSSR count). The Morgan fingerprint density at radius 1 is 0.186 bits per heavy atom. The van der Waals surface area contributed by atoms with E-state index in [1.165, 1.54) is 39.2 Å². The van der Waals surface area contributed by atoms with E-state index in [-0.39, 0.29) is 0 Å². The van der Waals surface area contributed by atoms with E-state index in [4.69, 9.17) is 0 Å². The van der Waals surface area contributed by atoms with Crippen molar-refractivity contribution in [1.29, 1.82) is 0 Å². The molecular formula is C54H48As3ClRh. The average molecular weight is 1060 g/mol. The molecule has 59 heavy (non-hydrogen) atoms. The number of hydrogen-bond acceptors (Lipinski definition) is 0. The molecule has 0 saturated carbocycles. The molecule has 0 fully saturated rings. The molecule has 0 amide bonds. The Morgan fingerprint density at radius 3 is 0.390 bits per heavy atom. The minimum absolute atomic E-state index is 1.43. The second-order valence-corrected chi connectivity index (χ2v) is 109. The van der Waals surface area contributed by atoms with Crippen LogP contribution in [0.2, 0.25) is 0 Å². The van der Waals surface area contributed by atoms with Gasteiger partial charge in [0.25, 0.3) is 0 Å². The Kier molecular flexibility index (Phi) is 12.0. The number of halogens is 1. The third kappa shape index (κ3) is 6.45. The molecule has 0 spiro atoms. The van der Waals surface area contributed by atoms with E-state index < -0.39 is 40.8 Å². The van der Waals surface area contributed by atoms with Crippen LogP contribution in [0.3, 0.4) is 0 Å². The van der Waals surface area contributed by atoms with Crippen molar-refractivity contribution < 1.29 is 7.27 Å². The Balaban J connectivity index is 1.71. The summed E-state index contributed by atoms with van der Waals surface area (Å²) in [6, 6.07) is 105. The molecule has 0 bridgehead atoms. The molecule has 0 aliphatic rings. The molecular weight excluding hydrogens is 1010 g/mol. The zero-order valence-electron chi connectivity index (χ0n) is 32.7. The first-order chi connectivity index (χ1) is 29.2. The third-order valence-corrected chi connectivity index (χ3v) is 199. The van der Waals surface area contributed by atoms with Crippen LogP contribution in [-0.4, -0.2) is 33.5 Å². The number of hydrogen-bond donors (Lipinski definition) is 0. The molecule has 0 heterocycles. The van der Waals surface area contributed by atoms with Crippen LogP contribution in [0.1, 0.15) is 0 Å². The zero-order chi connectivity index (χ0) is 40.0. The van der Waals surface area contributed by atoms with Crippen LogP contribution < -0.4 is 39.2 Å². The van der Waals surface area contributed by atoms with E-state index in [2.05, 4.69) is 273 Å². The number of rotatable bonds is 12. The fourth-order valence-corrected chi connectivity index (χ4v) is 297. The van der Waals surface area contributed by atoms with Crippen LogP contribution in [0.5, 0.6) is 0 Å². The van der Waals surface area contributed by atoms with Crippen molar-refractivity contribution in [2.45, 2.75) is 0 Å². The third-order valence-electron chi connectivity index (χ3n) is 11.5. The molecule has 0 N–H and O–H groups in total. The molecule has 0 radical (unpaired) electrons. The van der Waals surface area contributed by atoms with Gasteiger partial charge in [-0.2, -0.15) is 0 Å². The molecule has 9 aromatic carbocycles. The minimum atomic E-state index is -4.39. The summed E-state index contributed by atoms with van der Waals surface area (Å²) in [5, 5.41) is 0. The Bertz CT molecular complexity index is 2100. The maximum absolute atomic E-state index is 10.5. The van der Waals surface area contributed by atoms with Gasteiger partial charge in [0.2, 0.25) is 0 Å². The molecule has 0 aliphatic carbocycles. The molecule has 9 aromatic rings. The van der Waals surface area contributed by atoms with E-state index >= 15 is 0 Å². The van der Waals surface area contributed by atoms with Crippen LogP contribution in [0.25, 0.3) is 0 Å². The van der Waals surface area contributed by atoms with Crippen LogP contribution in [0.4, 0.5) is 0 Å². The van der Waals surface area contributed by atoms with Crippen LogP contribution in [0, 0.1) is 0 Å². The van der Waals surface area contributed by atoms with Gasteiger partial charge in [-0.1, -0.05) is 0 Å². The van der Waals surface area contributed by atoms with Gasteiger partial charge in [-0.15, -0.1) is 0 Å². The van der Waals surface area contributed by atoms with Crippen molar-refractivity contribution >= 4 is 82.3 Å². The van der Waals surface area contributed by atoms with Gasteiger partial charge in [-0.05, 0) is 0 Å². The summed E-state index contributed by atoms with van der Waals surface area (Å²) in [5.41, 5.74) is 0. The molecule has 0 atom stereocenters. The summed E-state index contributed by atoms with van der Waals surface area (Å²) in [5.74, 6) is 0.